The van der Waals surface area contributed by atoms with Gasteiger partial charge in [-0.05, 0) is 43.5 Å². The van der Waals surface area contributed by atoms with Gasteiger partial charge < -0.3 is 14.2 Å². The average molecular weight is 475 g/mol. The van der Waals surface area contributed by atoms with Crippen molar-refractivity contribution in [3.8, 4) is 5.75 Å². The average Bonchev–Trinajstić information content (AvgIpc) is 2.84. The molecule has 1 aliphatic rings. The van der Waals surface area contributed by atoms with Crippen molar-refractivity contribution in [1.29, 1.82) is 0 Å². The summed E-state index contributed by atoms with van der Waals surface area (Å²) < 4.78 is 16.3. The Morgan fingerprint density at radius 2 is 1.38 bits per heavy atom. The molecule has 0 N–H and O–H groups in total. The van der Waals surface area contributed by atoms with Gasteiger partial charge in [0.25, 0.3) is 0 Å². The maximum atomic E-state index is 11.8. The zero-order chi connectivity index (χ0) is 24.3. The highest BCUT2D eigenvalue weighted by molar-refractivity contribution is 5.61. The maximum Gasteiger partial charge on any atom is 0.510 e. The number of carbonyl (C=O) groups is 1. The number of nitrogens with zero attached hydrogens (tertiary/aromatic N) is 2. The molecular weight excluding hydrogens is 428 g/mol. The number of benzene rings is 1. The van der Waals surface area contributed by atoms with Gasteiger partial charge in [-0.2, -0.15) is 5.11 Å². The first kappa shape index (κ1) is 28.1. The first-order chi connectivity index (χ1) is 16.7. The van der Waals surface area contributed by atoms with Crippen LogP contribution >= 0.6 is 0 Å². The SMILES string of the molecule is CCCCCCCCCCC1CC(N=Nc2ccc(OCCCCCCCC)cc2)OC(=O)O1. The van der Waals surface area contributed by atoms with Crippen molar-refractivity contribution in [1.82, 2.24) is 0 Å². The van der Waals surface area contributed by atoms with Crippen LogP contribution in [0.5, 0.6) is 5.75 Å². The van der Waals surface area contributed by atoms with Crippen molar-refractivity contribution in [3.05, 3.63) is 24.3 Å². The Hall–Kier alpha value is -2.11. The van der Waals surface area contributed by atoms with Gasteiger partial charge in [0.05, 0.1) is 12.3 Å². The molecule has 0 spiro atoms. The van der Waals surface area contributed by atoms with E-state index >= 15 is 0 Å². The van der Waals surface area contributed by atoms with Gasteiger partial charge in [-0.25, -0.2) is 4.79 Å². The van der Waals surface area contributed by atoms with E-state index < -0.39 is 12.4 Å². The number of azo groups is 1. The smallest absolute Gasteiger partial charge is 0.494 e. The van der Waals surface area contributed by atoms with Gasteiger partial charge >= 0.3 is 6.16 Å². The van der Waals surface area contributed by atoms with Crippen molar-refractivity contribution in [2.24, 2.45) is 10.2 Å². The molecule has 2 rings (SSSR count). The van der Waals surface area contributed by atoms with Crippen molar-refractivity contribution in [2.45, 2.75) is 129 Å². The number of hydrogen-bond donors (Lipinski definition) is 0. The van der Waals surface area contributed by atoms with Crippen LogP contribution in [0.15, 0.2) is 34.5 Å². The van der Waals surface area contributed by atoms with E-state index in [-0.39, 0.29) is 6.10 Å². The fourth-order valence-electron chi connectivity index (χ4n) is 4.16. The molecule has 2 unspecified atom stereocenters. The molecule has 0 saturated carbocycles. The number of hydrogen-bond acceptors (Lipinski definition) is 6. The predicted octanol–water partition coefficient (Wildman–Crippen LogP) is 9.29. The fourth-order valence-corrected chi connectivity index (χ4v) is 4.16. The Morgan fingerprint density at radius 3 is 2.03 bits per heavy atom. The summed E-state index contributed by atoms with van der Waals surface area (Å²) in [6.07, 6.45) is 17.7. The lowest BCUT2D eigenvalue weighted by Crippen LogP contribution is -2.33. The largest absolute Gasteiger partial charge is 0.510 e. The summed E-state index contributed by atoms with van der Waals surface area (Å²) in [5, 5.41) is 8.50. The molecule has 1 aromatic carbocycles. The van der Waals surface area contributed by atoms with Crippen LogP contribution < -0.4 is 4.74 Å². The van der Waals surface area contributed by atoms with E-state index in [1.807, 2.05) is 24.3 Å². The molecular formula is C28H46N2O4. The van der Waals surface area contributed by atoms with Crippen LogP contribution in [0.1, 0.15) is 117 Å². The summed E-state index contributed by atoms with van der Waals surface area (Å²) in [5.41, 5.74) is 0.717. The van der Waals surface area contributed by atoms with Gasteiger partial charge in [-0.15, -0.1) is 5.11 Å². The number of carbonyl (C=O) groups excluding carboxylic acids is 1. The molecule has 192 valence electrons. The van der Waals surface area contributed by atoms with Gasteiger partial charge in [0, 0.05) is 6.42 Å². The molecule has 1 aromatic rings. The van der Waals surface area contributed by atoms with E-state index in [4.69, 9.17) is 14.2 Å². The zero-order valence-electron chi connectivity index (χ0n) is 21.5. The topological polar surface area (TPSA) is 69.5 Å². The zero-order valence-corrected chi connectivity index (χ0v) is 21.5. The number of rotatable bonds is 19. The highest BCUT2D eigenvalue weighted by atomic mass is 16.7. The fraction of sp³-hybridized carbons (Fsp3) is 0.750. The molecule has 0 radical (unpaired) electrons. The van der Waals surface area contributed by atoms with E-state index in [1.165, 1.54) is 77.0 Å². The lowest BCUT2D eigenvalue weighted by molar-refractivity contribution is -0.0613. The Labute approximate surface area is 206 Å². The minimum Gasteiger partial charge on any atom is -0.494 e. The number of unbranched alkanes of at least 4 members (excludes halogenated alkanes) is 12. The minimum absolute atomic E-state index is 0.136. The van der Waals surface area contributed by atoms with Gasteiger partial charge in [-0.1, -0.05) is 90.9 Å². The first-order valence-electron chi connectivity index (χ1n) is 13.7. The van der Waals surface area contributed by atoms with Gasteiger partial charge in [0.15, 0.2) is 0 Å². The van der Waals surface area contributed by atoms with Crippen LogP contribution in [0.25, 0.3) is 0 Å². The third kappa shape index (κ3) is 13.0. The molecule has 6 nitrogen and oxygen atoms in total. The summed E-state index contributed by atoms with van der Waals surface area (Å²) >= 11 is 0. The highest BCUT2D eigenvalue weighted by Gasteiger charge is 2.29. The van der Waals surface area contributed by atoms with Crippen molar-refractivity contribution < 1.29 is 19.0 Å². The van der Waals surface area contributed by atoms with Gasteiger partial charge in [-0.3, -0.25) is 0 Å². The summed E-state index contributed by atoms with van der Waals surface area (Å²) in [6, 6.07) is 7.57. The predicted molar refractivity (Wildman–Crippen MR) is 137 cm³/mol. The third-order valence-electron chi connectivity index (χ3n) is 6.24. The monoisotopic (exact) mass is 474 g/mol. The standard InChI is InChI=1S/C28H46N2O4/c1-3-5-7-9-11-12-13-15-17-26-23-27(34-28(31)33-26)30-29-24-18-20-25(21-19-24)32-22-16-14-10-8-6-4-2/h18-21,26-27H,3-17,22-23H2,1-2H3. The van der Waals surface area contributed by atoms with E-state index in [1.54, 1.807) is 0 Å². The van der Waals surface area contributed by atoms with Crippen molar-refractivity contribution in [3.63, 3.8) is 0 Å². The molecule has 0 bridgehead atoms. The molecule has 0 aliphatic carbocycles. The van der Waals surface area contributed by atoms with Gasteiger partial charge in [0.2, 0.25) is 6.23 Å². The summed E-state index contributed by atoms with van der Waals surface area (Å²) in [7, 11) is 0. The molecule has 1 saturated heterocycles. The summed E-state index contributed by atoms with van der Waals surface area (Å²) in [6.45, 7) is 5.22. The van der Waals surface area contributed by atoms with Crippen molar-refractivity contribution in [2.75, 3.05) is 6.61 Å². The van der Waals surface area contributed by atoms with E-state index in [9.17, 15) is 4.79 Å². The molecule has 2 atom stereocenters. The Morgan fingerprint density at radius 1 is 0.794 bits per heavy atom. The van der Waals surface area contributed by atoms with Crippen LogP contribution in [0.2, 0.25) is 0 Å². The first-order valence-corrected chi connectivity index (χ1v) is 13.7. The lowest BCUT2D eigenvalue weighted by Gasteiger charge is -2.26. The van der Waals surface area contributed by atoms with Crippen LogP contribution in [0.3, 0.4) is 0 Å². The Kier molecular flexibility index (Phi) is 15.1. The number of ether oxygens (including phenoxy) is 3. The quantitative estimate of drug-likeness (QED) is 0.114. The molecule has 0 aromatic heterocycles. The lowest BCUT2D eigenvalue weighted by atomic mass is 10.0. The molecule has 34 heavy (non-hydrogen) atoms. The van der Waals surface area contributed by atoms with E-state index in [0.717, 1.165) is 31.6 Å². The second-order valence-corrected chi connectivity index (χ2v) is 9.39. The molecule has 0 amide bonds. The third-order valence-corrected chi connectivity index (χ3v) is 6.24. The highest BCUT2D eigenvalue weighted by Crippen LogP contribution is 2.24. The van der Waals surface area contributed by atoms with E-state index in [0.29, 0.717) is 12.1 Å². The number of cyclic esters (lactones) is 2. The summed E-state index contributed by atoms with van der Waals surface area (Å²) in [5.74, 6) is 0.843. The molecule has 6 heteroatoms. The maximum absolute atomic E-state index is 11.8. The van der Waals surface area contributed by atoms with Gasteiger partial charge in [0.1, 0.15) is 11.9 Å². The van der Waals surface area contributed by atoms with Crippen LogP contribution in [-0.2, 0) is 9.47 Å². The van der Waals surface area contributed by atoms with Crippen LogP contribution in [-0.4, -0.2) is 25.1 Å². The van der Waals surface area contributed by atoms with E-state index in [2.05, 4.69) is 24.1 Å². The summed E-state index contributed by atoms with van der Waals surface area (Å²) in [4.78, 5) is 11.8. The Bertz CT molecular complexity index is 677. The second kappa shape index (κ2) is 18.2. The second-order valence-electron chi connectivity index (χ2n) is 9.39. The minimum atomic E-state index is -0.641. The van der Waals surface area contributed by atoms with Crippen LogP contribution in [0.4, 0.5) is 10.5 Å². The van der Waals surface area contributed by atoms with Crippen LogP contribution in [0, 0.1) is 0 Å². The molecule has 1 fully saturated rings. The molecule has 1 aliphatic heterocycles. The normalized spacial score (nSPS) is 18.1. The Balaban J connectivity index is 1.63. The molecule has 1 heterocycles. The van der Waals surface area contributed by atoms with Crippen molar-refractivity contribution >= 4 is 11.8 Å².